The fraction of sp³-hybridized carbons (Fsp3) is 0.538. The highest BCUT2D eigenvalue weighted by Crippen LogP contribution is 2.21. The Morgan fingerprint density at radius 3 is 3.05 bits per heavy atom. The van der Waals surface area contributed by atoms with E-state index in [2.05, 4.69) is 22.1 Å². The predicted molar refractivity (Wildman–Crippen MR) is 76.6 cm³/mol. The molecule has 0 spiro atoms. The van der Waals surface area contributed by atoms with Crippen molar-refractivity contribution in [3.63, 3.8) is 0 Å². The maximum atomic E-state index is 11.1. The van der Waals surface area contributed by atoms with Gasteiger partial charge >= 0.3 is 11.7 Å². The first-order valence-corrected chi connectivity index (χ1v) is 6.88. The quantitative estimate of drug-likeness (QED) is 0.605. The van der Waals surface area contributed by atoms with Crippen LogP contribution in [0.4, 0.5) is 11.5 Å². The number of carboxylic acid groups (broad SMARTS) is 1. The number of aromatic carboxylic acids is 1. The lowest BCUT2D eigenvalue weighted by atomic mass is 10.2. The predicted octanol–water partition coefficient (Wildman–Crippen LogP) is 1.58. The zero-order chi connectivity index (χ0) is 15.4. The number of likely N-dealkylation sites (tertiary alicyclic amines) is 1. The van der Waals surface area contributed by atoms with Gasteiger partial charge in [0.05, 0.1) is 4.92 Å². The van der Waals surface area contributed by atoms with Gasteiger partial charge in [-0.1, -0.05) is 6.92 Å². The third-order valence-electron chi connectivity index (χ3n) is 3.73. The van der Waals surface area contributed by atoms with Crippen LogP contribution in [0.2, 0.25) is 0 Å². The van der Waals surface area contributed by atoms with Gasteiger partial charge in [-0.05, 0) is 25.9 Å². The number of pyridine rings is 1. The molecule has 1 aromatic heterocycles. The SMILES string of the molecule is CCN1CCCC1CNc1cc(C(=O)O)c([N+](=O)[O-])cn1. The molecule has 2 N–H and O–H groups in total. The van der Waals surface area contributed by atoms with E-state index in [1.807, 2.05) is 0 Å². The highest BCUT2D eigenvalue weighted by atomic mass is 16.6. The first-order chi connectivity index (χ1) is 10.0. The molecule has 1 saturated heterocycles. The van der Waals surface area contributed by atoms with Gasteiger partial charge in [-0.2, -0.15) is 0 Å². The molecular weight excluding hydrogens is 276 g/mol. The molecule has 1 aliphatic heterocycles. The van der Waals surface area contributed by atoms with Crippen LogP contribution in [0, 0.1) is 10.1 Å². The molecule has 0 radical (unpaired) electrons. The van der Waals surface area contributed by atoms with Gasteiger partial charge in [0.1, 0.15) is 17.6 Å². The largest absolute Gasteiger partial charge is 0.477 e. The lowest BCUT2D eigenvalue weighted by molar-refractivity contribution is -0.385. The van der Waals surface area contributed by atoms with E-state index in [9.17, 15) is 14.9 Å². The van der Waals surface area contributed by atoms with Crippen molar-refractivity contribution in [2.75, 3.05) is 25.0 Å². The topological polar surface area (TPSA) is 109 Å². The number of hydrogen-bond acceptors (Lipinski definition) is 6. The minimum absolute atomic E-state index is 0.348. The smallest absolute Gasteiger partial charge is 0.342 e. The summed E-state index contributed by atoms with van der Waals surface area (Å²) in [5.41, 5.74) is -0.847. The van der Waals surface area contributed by atoms with Crippen LogP contribution in [0.25, 0.3) is 0 Å². The molecule has 1 atom stereocenters. The molecule has 2 heterocycles. The number of nitrogens with zero attached hydrogens (tertiary/aromatic N) is 3. The second-order valence-corrected chi connectivity index (χ2v) is 4.95. The van der Waals surface area contributed by atoms with Gasteiger partial charge in [0, 0.05) is 18.7 Å². The van der Waals surface area contributed by atoms with Gasteiger partial charge in [-0.15, -0.1) is 0 Å². The summed E-state index contributed by atoms with van der Waals surface area (Å²) in [7, 11) is 0. The molecule has 1 aliphatic rings. The second kappa shape index (κ2) is 6.49. The lowest BCUT2D eigenvalue weighted by Gasteiger charge is -2.23. The number of nitro groups is 1. The van der Waals surface area contributed by atoms with Crippen molar-refractivity contribution in [3.8, 4) is 0 Å². The van der Waals surface area contributed by atoms with Crippen LogP contribution in [0.1, 0.15) is 30.1 Å². The zero-order valence-corrected chi connectivity index (χ0v) is 11.8. The summed E-state index contributed by atoms with van der Waals surface area (Å²) in [6.45, 7) is 4.79. The molecule has 114 valence electrons. The van der Waals surface area contributed by atoms with Crippen LogP contribution < -0.4 is 5.32 Å². The van der Waals surface area contributed by atoms with Crippen molar-refractivity contribution < 1.29 is 14.8 Å². The average molecular weight is 294 g/mol. The maximum Gasteiger partial charge on any atom is 0.342 e. The molecular formula is C13H18N4O4. The highest BCUT2D eigenvalue weighted by Gasteiger charge is 2.24. The van der Waals surface area contributed by atoms with Crippen molar-refractivity contribution in [2.45, 2.75) is 25.8 Å². The van der Waals surface area contributed by atoms with E-state index >= 15 is 0 Å². The Morgan fingerprint density at radius 2 is 2.43 bits per heavy atom. The van der Waals surface area contributed by atoms with Crippen LogP contribution in [-0.2, 0) is 0 Å². The van der Waals surface area contributed by atoms with Gasteiger partial charge in [0.2, 0.25) is 0 Å². The molecule has 8 heteroatoms. The second-order valence-electron chi connectivity index (χ2n) is 4.95. The van der Waals surface area contributed by atoms with E-state index in [0.717, 1.165) is 32.1 Å². The Kier molecular flexibility index (Phi) is 4.69. The minimum Gasteiger partial charge on any atom is -0.477 e. The van der Waals surface area contributed by atoms with E-state index < -0.39 is 16.6 Å². The molecule has 0 saturated carbocycles. The Balaban J connectivity index is 2.09. The molecule has 0 aromatic carbocycles. The fourth-order valence-electron chi connectivity index (χ4n) is 2.63. The maximum absolute atomic E-state index is 11.1. The molecule has 2 rings (SSSR count). The van der Waals surface area contributed by atoms with Crippen LogP contribution in [0.5, 0.6) is 0 Å². The summed E-state index contributed by atoms with van der Waals surface area (Å²) in [5, 5.41) is 22.9. The van der Waals surface area contributed by atoms with Crippen LogP contribution in [-0.4, -0.2) is 51.6 Å². The molecule has 1 aromatic rings. The number of carboxylic acids is 1. The third kappa shape index (κ3) is 3.46. The van der Waals surface area contributed by atoms with Crippen LogP contribution >= 0.6 is 0 Å². The van der Waals surface area contributed by atoms with Crippen LogP contribution in [0.15, 0.2) is 12.3 Å². The van der Waals surface area contributed by atoms with Crippen molar-refractivity contribution in [1.29, 1.82) is 0 Å². The molecule has 0 bridgehead atoms. The first-order valence-electron chi connectivity index (χ1n) is 6.88. The van der Waals surface area contributed by atoms with Crippen molar-refractivity contribution in [1.82, 2.24) is 9.88 Å². The monoisotopic (exact) mass is 294 g/mol. The molecule has 21 heavy (non-hydrogen) atoms. The van der Waals surface area contributed by atoms with E-state index in [4.69, 9.17) is 5.11 Å². The Hall–Kier alpha value is -2.22. The lowest BCUT2D eigenvalue weighted by Crippen LogP contribution is -2.34. The molecule has 0 aliphatic carbocycles. The van der Waals surface area contributed by atoms with Crippen LogP contribution in [0.3, 0.4) is 0 Å². The van der Waals surface area contributed by atoms with Gasteiger partial charge in [-0.3, -0.25) is 15.0 Å². The standard InChI is InChI=1S/C13H18N4O4/c1-2-16-5-3-4-9(16)7-14-12-6-10(13(18)19)11(8-15-12)17(20)21/h6,8-9H,2-5,7H2,1H3,(H,14,15)(H,18,19). The fourth-order valence-corrected chi connectivity index (χ4v) is 2.63. The van der Waals surface area contributed by atoms with Gasteiger partial charge in [-0.25, -0.2) is 9.78 Å². The number of rotatable bonds is 6. The number of anilines is 1. The Labute approximate surface area is 121 Å². The summed E-state index contributed by atoms with van der Waals surface area (Å²) in [5.74, 6) is -0.982. The summed E-state index contributed by atoms with van der Waals surface area (Å²) in [6, 6.07) is 1.60. The van der Waals surface area contributed by atoms with E-state index in [-0.39, 0.29) is 5.56 Å². The number of nitrogens with one attached hydrogen (secondary N) is 1. The number of carbonyl (C=O) groups is 1. The molecule has 1 unspecified atom stereocenters. The highest BCUT2D eigenvalue weighted by molar-refractivity contribution is 5.93. The number of aromatic nitrogens is 1. The summed E-state index contributed by atoms with van der Waals surface area (Å²) in [4.78, 5) is 27.4. The number of hydrogen-bond donors (Lipinski definition) is 2. The molecule has 8 nitrogen and oxygen atoms in total. The summed E-state index contributed by atoms with van der Waals surface area (Å²) >= 11 is 0. The van der Waals surface area contributed by atoms with Gasteiger partial charge in [0.15, 0.2) is 0 Å². The number of likely N-dealkylation sites (N-methyl/N-ethyl adjacent to an activating group) is 1. The van der Waals surface area contributed by atoms with Gasteiger partial charge in [0.25, 0.3) is 0 Å². The zero-order valence-electron chi connectivity index (χ0n) is 11.8. The minimum atomic E-state index is -1.33. The third-order valence-corrected chi connectivity index (χ3v) is 3.73. The van der Waals surface area contributed by atoms with Crippen molar-refractivity contribution >= 4 is 17.5 Å². The van der Waals surface area contributed by atoms with Crippen molar-refractivity contribution in [2.24, 2.45) is 0 Å². The molecule has 1 fully saturated rings. The average Bonchev–Trinajstić information content (AvgIpc) is 2.92. The van der Waals surface area contributed by atoms with E-state index in [1.165, 1.54) is 6.07 Å². The van der Waals surface area contributed by atoms with Crippen molar-refractivity contribution in [3.05, 3.63) is 27.9 Å². The van der Waals surface area contributed by atoms with Gasteiger partial charge < -0.3 is 10.4 Å². The first kappa shape index (κ1) is 15.2. The van der Waals surface area contributed by atoms with E-state index in [1.54, 1.807) is 0 Å². The Morgan fingerprint density at radius 1 is 1.67 bits per heavy atom. The molecule has 0 amide bonds. The Bertz CT molecular complexity index is 549. The summed E-state index contributed by atoms with van der Waals surface area (Å²) in [6.07, 6.45) is 3.21. The normalized spacial score (nSPS) is 18.6. The summed E-state index contributed by atoms with van der Waals surface area (Å²) < 4.78 is 0. The van der Waals surface area contributed by atoms with E-state index in [0.29, 0.717) is 18.4 Å².